The van der Waals surface area contributed by atoms with Crippen molar-refractivity contribution in [3.63, 3.8) is 0 Å². The van der Waals surface area contributed by atoms with Crippen LogP contribution in [-0.4, -0.2) is 36.0 Å². The van der Waals surface area contributed by atoms with E-state index in [1.54, 1.807) is 6.07 Å². The molecule has 0 bridgehead atoms. The molecule has 0 spiro atoms. The number of halogens is 1. The smallest absolute Gasteiger partial charge is 0.240 e. The molecular formula is C16H16ClN5O2S. The Morgan fingerprint density at radius 1 is 1.04 bits per heavy atom. The largest absolute Gasteiger partial charge is 0.369 e. The summed E-state index contributed by atoms with van der Waals surface area (Å²) in [5.41, 5.74) is 0. The van der Waals surface area contributed by atoms with Crippen LogP contribution in [0, 0.1) is 0 Å². The fraction of sp³-hybridized carbons (Fsp3) is 0.125. The van der Waals surface area contributed by atoms with E-state index in [1.165, 1.54) is 30.6 Å². The quantitative estimate of drug-likeness (QED) is 0.617. The van der Waals surface area contributed by atoms with Crippen LogP contribution in [0.1, 0.15) is 0 Å². The van der Waals surface area contributed by atoms with E-state index >= 15 is 0 Å². The molecule has 0 saturated heterocycles. The maximum Gasteiger partial charge on any atom is 0.240 e. The van der Waals surface area contributed by atoms with Crippen LogP contribution in [0.3, 0.4) is 0 Å². The second kappa shape index (κ2) is 7.64. The maximum absolute atomic E-state index is 12.2. The first-order valence-corrected chi connectivity index (χ1v) is 9.35. The van der Waals surface area contributed by atoms with Gasteiger partial charge in [0.05, 0.1) is 4.90 Å². The van der Waals surface area contributed by atoms with Crippen LogP contribution in [-0.2, 0) is 10.0 Å². The van der Waals surface area contributed by atoms with Crippen molar-refractivity contribution in [3.05, 3.63) is 66.2 Å². The summed E-state index contributed by atoms with van der Waals surface area (Å²) in [6.07, 6.45) is 5.22. The predicted octanol–water partition coefficient (Wildman–Crippen LogP) is 2.31. The Balaban J connectivity index is 1.55. The van der Waals surface area contributed by atoms with E-state index in [4.69, 9.17) is 11.6 Å². The number of hydrogen-bond acceptors (Lipinski definition) is 5. The highest BCUT2D eigenvalue weighted by atomic mass is 35.5. The van der Waals surface area contributed by atoms with Crippen LogP contribution in [0.15, 0.2) is 66.1 Å². The lowest BCUT2D eigenvalue weighted by Crippen LogP contribution is -2.29. The summed E-state index contributed by atoms with van der Waals surface area (Å²) >= 11 is 5.77. The lowest BCUT2D eigenvalue weighted by molar-refractivity contribution is 0.583. The van der Waals surface area contributed by atoms with Gasteiger partial charge >= 0.3 is 0 Å². The number of anilines is 1. The van der Waals surface area contributed by atoms with E-state index in [2.05, 4.69) is 20.0 Å². The summed E-state index contributed by atoms with van der Waals surface area (Å²) < 4.78 is 28.7. The normalized spacial score (nSPS) is 11.4. The van der Waals surface area contributed by atoms with Gasteiger partial charge in [0.2, 0.25) is 10.0 Å². The van der Waals surface area contributed by atoms with Gasteiger partial charge in [-0.3, -0.25) is 0 Å². The molecule has 2 aromatic heterocycles. The van der Waals surface area contributed by atoms with Crippen LogP contribution in [0.5, 0.6) is 0 Å². The Bertz CT molecular complexity index is 927. The molecule has 3 rings (SSSR count). The number of nitrogens with one attached hydrogen (secondary N) is 2. The zero-order chi connectivity index (χ0) is 17.7. The number of hydrogen-bond donors (Lipinski definition) is 2. The molecule has 3 aromatic rings. The SMILES string of the molecule is O=S(=O)(NCCNc1cc(-n2cccc2)ncn1)c1ccc(Cl)cc1. The van der Waals surface area contributed by atoms with Crippen molar-refractivity contribution < 1.29 is 8.42 Å². The van der Waals surface area contributed by atoms with Crippen molar-refractivity contribution in [3.8, 4) is 5.82 Å². The average Bonchev–Trinajstić information content (AvgIpc) is 3.14. The Hall–Kier alpha value is -2.42. The molecule has 7 nitrogen and oxygen atoms in total. The molecule has 1 aromatic carbocycles. The van der Waals surface area contributed by atoms with Crippen LogP contribution in [0.4, 0.5) is 5.82 Å². The van der Waals surface area contributed by atoms with Crippen LogP contribution < -0.4 is 10.0 Å². The summed E-state index contributed by atoms with van der Waals surface area (Å²) in [4.78, 5) is 8.48. The van der Waals surface area contributed by atoms with Crippen molar-refractivity contribution in [2.75, 3.05) is 18.4 Å². The maximum atomic E-state index is 12.2. The van der Waals surface area contributed by atoms with E-state index in [9.17, 15) is 8.42 Å². The Morgan fingerprint density at radius 3 is 2.48 bits per heavy atom. The van der Waals surface area contributed by atoms with Crippen molar-refractivity contribution >= 4 is 27.4 Å². The first-order chi connectivity index (χ1) is 12.0. The van der Waals surface area contributed by atoms with Gasteiger partial charge in [-0.1, -0.05) is 11.6 Å². The second-order valence-corrected chi connectivity index (χ2v) is 7.33. The fourth-order valence-electron chi connectivity index (χ4n) is 2.15. The van der Waals surface area contributed by atoms with E-state index in [-0.39, 0.29) is 11.4 Å². The minimum atomic E-state index is -3.56. The lowest BCUT2D eigenvalue weighted by atomic mass is 10.4. The fourth-order valence-corrected chi connectivity index (χ4v) is 3.30. The van der Waals surface area contributed by atoms with Crippen molar-refractivity contribution in [2.45, 2.75) is 4.90 Å². The number of benzene rings is 1. The van der Waals surface area contributed by atoms with Gasteiger partial charge in [-0.05, 0) is 36.4 Å². The molecule has 0 aliphatic carbocycles. The molecule has 25 heavy (non-hydrogen) atoms. The number of rotatable bonds is 7. The van der Waals surface area contributed by atoms with E-state index in [1.807, 2.05) is 29.1 Å². The molecule has 130 valence electrons. The van der Waals surface area contributed by atoms with Crippen LogP contribution in [0.25, 0.3) is 5.82 Å². The molecule has 0 unspecified atom stereocenters. The molecule has 0 saturated carbocycles. The first-order valence-electron chi connectivity index (χ1n) is 7.49. The van der Waals surface area contributed by atoms with Crippen molar-refractivity contribution in [1.82, 2.24) is 19.3 Å². The topological polar surface area (TPSA) is 88.9 Å². The van der Waals surface area contributed by atoms with Crippen molar-refractivity contribution in [1.29, 1.82) is 0 Å². The number of nitrogens with zero attached hydrogens (tertiary/aromatic N) is 3. The van der Waals surface area contributed by atoms with E-state index in [0.29, 0.717) is 17.4 Å². The van der Waals surface area contributed by atoms with Crippen LogP contribution >= 0.6 is 11.6 Å². The van der Waals surface area contributed by atoms with Crippen molar-refractivity contribution in [2.24, 2.45) is 0 Å². The highest BCUT2D eigenvalue weighted by molar-refractivity contribution is 7.89. The third-order valence-corrected chi connectivity index (χ3v) is 5.10. The molecule has 0 radical (unpaired) electrons. The zero-order valence-electron chi connectivity index (χ0n) is 13.1. The first kappa shape index (κ1) is 17.4. The molecule has 9 heteroatoms. The predicted molar refractivity (Wildman–Crippen MR) is 96.5 cm³/mol. The Kier molecular flexibility index (Phi) is 5.32. The lowest BCUT2D eigenvalue weighted by Gasteiger charge is -2.09. The molecule has 2 N–H and O–H groups in total. The number of aromatic nitrogens is 3. The van der Waals surface area contributed by atoms with Gasteiger partial charge < -0.3 is 9.88 Å². The molecule has 0 fully saturated rings. The summed E-state index contributed by atoms with van der Waals surface area (Å²) in [6, 6.07) is 11.6. The van der Waals surface area contributed by atoms with E-state index < -0.39 is 10.0 Å². The second-order valence-electron chi connectivity index (χ2n) is 5.13. The van der Waals surface area contributed by atoms with Gasteiger partial charge in [-0.15, -0.1) is 0 Å². The molecule has 0 amide bonds. The molecular weight excluding hydrogens is 362 g/mol. The molecule has 0 aliphatic heterocycles. The summed E-state index contributed by atoms with van der Waals surface area (Å²) in [7, 11) is -3.56. The molecule has 2 heterocycles. The minimum Gasteiger partial charge on any atom is -0.369 e. The van der Waals surface area contributed by atoms with Gasteiger partial charge in [-0.2, -0.15) is 0 Å². The van der Waals surface area contributed by atoms with E-state index in [0.717, 1.165) is 5.82 Å². The number of sulfonamides is 1. The van der Waals surface area contributed by atoms with Gasteiger partial charge in [-0.25, -0.2) is 23.1 Å². The van der Waals surface area contributed by atoms with Gasteiger partial charge in [0.1, 0.15) is 18.0 Å². The van der Waals surface area contributed by atoms with Gasteiger partial charge in [0.15, 0.2) is 0 Å². The summed E-state index contributed by atoms with van der Waals surface area (Å²) in [6.45, 7) is 0.600. The highest BCUT2D eigenvalue weighted by Crippen LogP contribution is 2.13. The standard InChI is InChI=1S/C16H16ClN5O2S/c17-13-3-5-14(6-4-13)25(23,24)21-8-7-18-15-11-16(20-12-19-15)22-9-1-2-10-22/h1-6,9-12,21H,7-8H2,(H,18,19,20). The average molecular weight is 378 g/mol. The third-order valence-electron chi connectivity index (χ3n) is 3.37. The summed E-state index contributed by atoms with van der Waals surface area (Å²) in [5.74, 6) is 1.34. The minimum absolute atomic E-state index is 0.175. The highest BCUT2D eigenvalue weighted by Gasteiger charge is 2.12. The molecule has 0 aliphatic rings. The van der Waals surface area contributed by atoms with Gasteiger partial charge in [0.25, 0.3) is 0 Å². The Morgan fingerprint density at radius 2 is 1.76 bits per heavy atom. The monoisotopic (exact) mass is 377 g/mol. The van der Waals surface area contributed by atoms with Crippen LogP contribution in [0.2, 0.25) is 5.02 Å². The van der Waals surface area contributed by atoms with Gasteiger partial charge in [0, 0.05) is 36.6 Å². The Labute approximate surface area is 150 Å². The molecule has 0 atom stereocenters. The summed E-state index contributed by atoms with van der Waals surface area (Å²) in [5, 5.41) is 3.56. The zero-order valence-corrected chi connectivity index (χ0v) is 14.7. The third kappa shape index (κ3) is 4.56.